The summed E-state index contributed by atoms with van der Waals surface area (Å²) >= 11 is 0. The van der Waals surface area contributed by atoms with E-state index in [4.69, 9.17) is 0 Å². The zero-order valence-corrected chi connectivity index (χ0v) is 24.0. The van der Waals surface area contributed by atoms with Crippen LogP contribution < -0.4 is 5.32 Å². The minimum Gasteiger partial charge on any atom is -0.373 e. The molecule has 8 aromatic carbocycles. The smallest absolute Gasteiger partial charge is 0.0779 e. The number of rotatable bonds is 2. The van der Waals surface area contributed by atoms with Crippen molar-refractivity contribution in [3.8, 4) is 11.1 Å². The molecular formula is C43H27N. The van der Waals surface area contributed by atoms with Crippen LogP contribution in [0, 0.1) is 0 Å². The molecule has 0 aromatic heterocycles. The molecule has 0 amide bonds. The van der Waals surface area contributed by atoms with Gasteiger partial charge in [0.05, 0.1) is 11.7 Å². The van der Waals surface area contributed by atoms with Crippen LogP contribution in [0.2, 0.25) is 0 Å². The summed E-state index contributed by atoms with van der Waals surface area (Å²) in [5, 5.41) is 14.4. The predicted molar refractivity (Wildman–Crippen MR) is 187 cm³/mol. The molecule has 1 atom stereocenters. The van der Waals surface area contributed by atoms with Crippen molar-refractivity contribution in [1.82, 2.24) is 0 Å². The lowest BCUT2D eigenvalue weighted by Gasteiger charge is -2.35. The van der Waals surface area contributed by atoms with Gasteiger partial charge in [-0.15, -0.1) is 0 Å². The zero-order valence-electron chi connectivity index (χ0n) is 24.0. The normalized spacial score (nSPS) is 15.5. The summed E-state index contributed by atoms with van der Waals surface area (Å²) in [6.07, 6.45) is 4.61. The molecule has 1 heteroatoms. The Kier molecular flexibility index (Phi) is 4.84. The molecule has 0 bridgehead atoms. The van der Waals surface area contributed by atoms with Crippen LogP contribution in [0.4, 0.5) is 5.69 Å². The second kappa shape index (κ2) is 8.92. The molecule has 0 saturated carbocycles. The minimum absolute atomic E-state index is 0.0858. The maximum absolute atomic E-state index is 3.99. The van der Waals surface area contributed by atoms with Gasteiger partial charge in [-0.1, -0.05) is 146 Å². The highest BCUT2D eigenvalue weighted by Crippen LogP contribution is 2.49. The van der Waals surface area contributed by atoms with Gasteiger partial charge in [0.1, 0.15) is 0 Å². The van der Waals surface area contributed by atoms with E-state index in [1.165, 1.54) is 93.3 Å². The highest BCUT2D eigenvalue weighted by atomic mass is 14.9. The molecule has 0 spiro atoms. The van der Waals surface area contributed by atoms with E-state index in [1.807, 2.05) is 0 Å². The van der Waals surface area contributed by atoms with E-state index in [0.717, 1.165) is 0 Å². The van der Waals surface area contributed by atoms with Gasteiger partial charge in [0.15, 0.2) is 0 Å². The van der Waals surface area contributed by atoms with Crippen molar-refractivity contribution in [3.63, 3.8) is 0 Å². The van der Waals surface area contributed by atoms with Crippen molar-refractivity contribution in [1.29, 1.82) is 0 Å². The van der Waals surface area contributed by atoms with Crippen LogP contribution in [0.15, 0.2) is 151 Å². The van der Waals surface area contributed by atoms with Crippen molar-refractivity contribution < 1.29 is 0 Å². The first-order valence-corrected chi connectivity index (χ1v) is 15.4. The summed E-state index contributed by atoms with van der Waals surface area (Å²) in [5.41, 5.74) is 11.5. The molecule has 2 aliphatic rings. The van der Waals surface area contributed by atoms with Gasteiger partial charge < -0.3 is 5.32 Å². The molecule has 1 heterocycles. The van der Waals surface area contributed by atoms with Crippen LogP contribution in [0.5, 0.6) is 0 Å². The Morgan fingerprint density at radius 1 is 0.455 bits per heavy atom. The Hall–Kier alpha value is -5.66. The standard InChI is InChI=1S/C43H27N/c1-3-13-34-26(7-1)17-23-37-40(38-24-18-27-8-2-4-14-35(27)43(38)44-42(34)37)32-12-6-11-31(25-32)33-21-19-30-16-15-28-9-5-10-29-20-22-36(33)41(30)39(28)29/h1-25,42,44H. The third-order valence-electron chi connectivity index (χ3n) is 9.83. The van der Waals surface area contributed by atoms with E-state index in [9.17, 15) is 0 Å². The number of nitrogens with one attached hydrogen (secondary N) is 1. The lowest BCUT2D eigenvalue weighted by atomic mass is 9.78. The average molecular weight is 558 g/mol. The fourth-order valence-electron chi connectivity index (χ4n) is 7.84. The Labute approximate surface area is 255 Å². The van der Waals surface area contributed by atoms with Gasteiger partial charge in [-0.25, -0.2) is 0 Å². The van der Waals surface area contributed by atoms with Crippen molar-refractivity contribution >= 4 is 60.4 Å². The molecule has 0 fully saturated rings. The summed E-state index contributed by atoms with van der Waals surface area (Å²) in [6, 6.07) is 51.7. The summed E-state index contributed by atoms with van der Waals surface area (Å²) in [6.45, 7) is 0. The van der Waals surface area contributed by atoms with E-state index in [-0.39, 0.29) is 6.04 Å². The molecule has 10 rings (SSSR count). The van der Waals surface area contributed by atoms with E-state index >= 15 is 0 Å². The Morgan fingerprint density at radius 2 is 1.14 bits per heavy atom. The highest BCUT2D eigenvalue weighted by Gasteiger charge is 2.31. The first kappa shape index (κ1) is 23.9. The average Bonchev–Trinajstić information content (AvgIpc) is 3.09. The minimum atomic E-state index is 0.0858. The van der Waals surface area contributed by atoms with Crippen molar-refractivity contribution in [3.05, 3.63) is 173 Å². The van der Waals surface area contributed by atoms with Gasteiger partial charge in [0, 0.05) is 10.9 Å². The Balaban J connectivity index is 1.23. The molecule has 204 valence electrons. The van der Waals surface area contributed by atoms with E-state index in [1.54, 1.807) is 0 Å². The van der Waals surface area contributed by atoms with Crippen LogP contribution >= 0.6 is 0 Å². The summed E-state index contributed by atoms with van der Waals surface area (Å²) < 4.78 is 0. The summed E-state index contributed by atoms with van der Waals surface area (Å²) in [5.74, 6) is 0. The molecule has 0 saturated heterocycles. The van der Waals surface area contributed by atoms with E-state index in [0.29, 0.717) is 0 Å². The van der Waals surface area contributed by atoms with Gasteiger partial charge in [-0.05, 0) is 82.7 Å². The quantitative estimate of drug-likeness (QED) is 0.208. The van der Waals surface area contributed by atoms with Gasteiger partial charge >= 0.3 is 0 Å². The molecule has 0 radical (unpaired) electrons. The summed E-state index contributed by atoms with van der Waals surface area (Å²) in [7, 11) is 0. The molecule has 1 N–H and O–H groups in total. The molecular weight excluding hydrogens is 530 g/mol. The maximum atomic E-state index is 3.99. The fraction of sp³-hybridized carbons (Fsp3) is 0.0233. The third kappa shape index (κ3) is 3.30. The number of benzene rings is 8. The van der Waals surface area contributed by atoms with Crippen LogP contribution in [0.25, 0.3) is 65.9 Å². The zero-order chi connectivity index (χ0) is 28.8. The lowest BCUT2D eigenvalue weighted by Crippen LogP contribution is -2.22. The number of hydrogen-bond acceptors (Lipinski definition) is 1. The first-order chi connectivity index (χ1) is 21.8. The molecule has 44 heavy (non-hydrogen) atoms. The maximum Gasteiger partial charge on any atom is 0.0779 e. The van der Waals surface area contributed by atoms with Crippen LogP contribution in [-0.2, 0) is 0 Å². The van der Waals surface area contributed by atoms with Gasteiger partial charge in [-0.2, -0.15) is 0 Å². The fourth-order valence-corrected chi connectivity index (χ4v) is 7.84. The number of fused-ring (bicyclic) bond motifs is 6. The van der Waals surface area contributed by atoms with Crippen molar-refractivity contribution in [2.75, 3.05) is 5.32 Å². The van der Waals surface area contributed by atoms with E-state index in [2.05, 4.69) is 157 Å². The molecule has 1 aliphatic carbocycles. The van der Waals surface area contributed by atoms with Gasteiger partial charge in [-0.3, -0.25) is 0 Å². The second-order valence-corrected chi connectivity index (χ2v) is 12.1. The number of hydrogen-bond donors (Lipinski definition) is 1. The monoisotopic (exact) mass is 557 g/mol. The predicted octanol–water partition coefficient (Wildman–Crippen LogP) is 11.4. The molecule has 8 aromatic rings. The van der Waals surface area contributed by atoms with Crippen molar-refractivity contribution in [2.24, 2.45) is 0 Å². The number of anilines is 1. The Bertz CT molecular complexity index is 2510. The lowest BCUT2D eigenvalue weighted by molar-refractivity contribution is 0.920. The van der Waals surface area contributed by atoms with Crippen LogP contribution in [0.3, 0.4) is 0 Å². The SMILES string of the molecule is C1=Cc2ccccc2C2Nc3c(ccc4ccccc34)C(c3cccc(-c4ccc5ccc6cccc7ccc4c5c67)c3)=C12. The molecule has 1 nitrogen and oxygen atoms in total. The first-order valence-electron chi connectivity index (χ1n) is 15.4. The third-order valence-corrected chi connectivity index (χ3v) is 9.83. The van der Waals surface area contributed by atoms with Crippen LogP contribution in [-0.4, -0.2) is 0 Å². The topological polar surface area (TPSA) is 12.0 Å². The second-order valence-electron chi connectivity index (χ2n) is 12.1. The van der Waals surface area contributed by atoms with Crippen molar-refractivity contribution in [2.45, 2.75) is 6.04 Å². The van der Waals surface area contributed by atoms with Gasteiger partial charge in [0.25, 0.3) is 0 Å². The highest BCUT2D eigenvalue weighted by molar-refractivity contribution is 6.25. The Morgan fingerprint density at radius 3 is 2.07 bits per heavy atom. The van der Waals surface area contributed by atoms with Crippen LogP contribution in [0.1, 0.15) is 28.3 Å². The largest absolute Gasteiger partial charge is 0.373 e. The van der Waals surface area contributed by atoms with Gasteiger partial charge in [0.2, 0.25) is 0 Å². The van der Waals surface area contributed by atoms with E-state index < -0.39 is 0 Å². The molecule has 1 aliphatic heterocycles. The molecule has 1 unspecified atom stereocenters. The summed E-state index contributed by atoms with van der Waals surface area (Å²) in [4.78, 5) is 0.